The number of imidazole rings is 1. The van der Waals surface area contributed by atoms with Crippen molar-refractivity contribution in [2.75, 3.05) is 0 Å². The number of benzene rings is 3. The third-order valence-electron chi connectivity index (χ3n) is 4.06. The summed E-state index contributed by atoms with van der Waals surface area (Å²) in [5.74, 6) is -0.195. The first-order valence-corrected chi connectivity index (χ1v) is 8.01. The molecule has 3 aromatic carbocycles. The molecule has 1 heterocycles. The van der Waals surface area contributed by atoms with Crippen LogP contribution in [-0.2, 0) is 11.3 Å². The molecule has 0 fully saturated rings. The molecule has 4 rings (SSSR count). The lowest BCUT2D eigenvalue weighted by Crippen LogP contribution is -2.22. The standard InChI is InChI=1S/C20H16N4O/c25-20(13-24-14-21-18-10-3-4-11-19(18)24)23-22-12-16-8-5-7-15-6-1-2-9-17(15)16/h1-12,14H,13H2,(H,23,25). The van der Waals surface area contributed by atoms with Gasteiger partial charge in [-0.3, -0.25) is 4.79 Å². The van der Waals surface area contributed by atoms with E-state index in [1.165, 1.54) is 0 Å². The van der Waals surface area contributed by atoms with Crippen LogP contribution in [0.3, 0.4) is 0 Å². The lowest BCUT2D eigenvalue weighted by molar-refractivity contribution is -0.121. The second-order valence-corrected chi connectivity index (χ2v) is 5.72. The van der Waals surface area contributed by atoms with Crippen LogP contribution < -0.4 is 5.43 Å². The fraction of sp³-hybridized carbons (Fsp3) is 0.0500. The summed E-state index contributed by atoms with van der Waals surface area (Å²) in [7, 11) is 0. The van der Waals surface area contributed by atoms with Gasteiger partial charge >= 0.3 is 0 Å². The highest BCUT2D eigenvalue weighted by atomic mass is 16.2. The molecule has 0 saturated carbocycles. The van der Waals surface area contributed by atoms with Gasteiger partial charge in [0.15, 0.2) is 0 Å². The van der Waals surface area contributed by atoms with Gasteiger partial charge in [-0.2, -0.15) is 5.10 Å². The van der Waals surface area contributed by atoms with Crippen molar-refractivity contribution in [3.63, 3.8) is 0 Å². The third kappa shape index (κ3) is 3.12. The molecule has 122 valence electrons. The molecular formula is C20H16N4O. The Labute approximate surface area is 144 Å². The number of carbonyl (C=O) groups excluding carboxylic acids is 1. The lowest BCUT2D eigenvalue weighted by atomic mass is 10.1. The number of hydrazone groups is 1. The first-order chi connectivity index (χ1) is 12.3. The Hall–Kier alpha value is -3.47. The summed E-state index contributed by atoms with van der Waals surface area (Å²) in [6.45, 7) is 0.174. The zero-order valence-corrected chi connectivity index (χ0v) is 13.5. The summed E-state index contributed by atoms with van der Waals surface area (Å²) in [6.07, 6.45) is 3.34. The van der Waals surface area contributed by atoms with Crippen LogP contribution in [0.15, 0.2) is 78.2 Å². The van der Waals surface area contributed by atoms with E-state index < -0.39 is 0 Å². The van der Waals surface area contributed by atoms with Gasteiger partial charge in [-0.1, -0.05) is 54.6 Å². The number of nitrogens with one attached hydrogen (secondary N) is 1. The number of amides is 1. The molecule has 0 bridgehead atoms. The Morgan fingerprint density at radius 1 is 1.04 bits per heavy atom. The smallest absolute Gasteiger partial charge is 0.260 e. The van der Waals surface area contributed by atoms with E-state index in [4.69, 9.17) is 0 Å². The molecular weight excluding hydrogens is 312 g/mol. The van der Waals surface area contributed by atoms with Crippen LogP contribution in [0.4, 0.5) is 0 Å². The van der Waals surface area contributed by atoms with Crippen LogP contribution in [0.2, 0.25) is 0 Å². The first-order valence-electron chi connectivity index (χ1n) is 8.01. The van der Waals surface area contributed by atoms with Gasteiger partial charge in [0.05, 0.1) is 23.6 Å². The lowest BCUT2D eigenvalue weighted by Gasteiger charge is -2.04. The number of hydrogen-bond donors (Lipinski definition) is 1. The monoisotopic (exact) mass is 328 g/mol. The van der Waals surface area contributed by atoms with Crippen molar-refractivity contribution >= 4 is 33.9 Å². The van der Waals surface area contributed by atoms with Gasteiger partial charge in [0.2, 0.25) is 0 Å². The van der Waals surface area contributed by atoms with Crippen molar-refractivity contribution in [1.29, 1.82) is 0 Å². The fourth-order valence-electron chi connectivity index (χ4n) is 2.86. The van der Waals surface area contributed by atoms with Crippen LogP contribution in [0.5, 0.6) is 0 Å². The van der Waals surface area contributed by atoms with Crippen molar-refractivity contribution in [2.24, 2.45) is 5.10 Å². The highest BCUT2D eigenvalue weighted by Crippen LogP contribution is 2.16. The molecule has 0 spiro atoms. The summed E-state index contributed by atoms with van der Waals surface area (Å²) in [5, 5.41) is 6.34. The molecule has 5 nitrogen and oxygen atoms in total. The normalized spacial score (nSPS) is 11.4. The molecule has 5 heteroatoms. The van der Waals surface area contributed by atoms with Crippen molar-refractivity contribution in [2.45, 2.75) is 6.54 Å². The largest absolute Gasteiger partial charge is 0.321 e. The van der Waals surface area contributed by atoms with E-state index in [1.54, 1.807) is 17.1 Å². The Bertz CT molecular complexity index is 1080. The van der Waals surface area contributed by atoms with E-state index >= 15 is 0 Å². The number of hydrogen-bond acceptors (Lipinski definition) is 3. The van der Waals surface area contributed by atoms with Crippen LogP contribution >= 0.6 is 0 Å². The van der Waals surface area contributed by atoms with Crippen molar-refractivity contribution in [3.8, 4) is 0 Å². The maximum atomic E-state index is 12.1. The van der Waals surface area contributed by atoms with E-state index in [2.05, 4.69) is 27.6 Å². The molecule has 0 radical (unpaired) electrons. The Kier molecular flexibility index (Phi) is 3.96. The van der Waals surface area contributed by atoms with Crippen LogP contribution in [0.25, 0.3) is 21.8 Å². The topological polar surface area (TPSA) is 59.3 Å². The average molecular weight is 328 g/mol. The van der Waals surface area contributed by atoms with Crippen molar-refractivity contribution < 1.29 is 4.79 Å². The maximum Gasteiger partial charge on any atom is 0.260 e. The molecule has 0 atom stereocenters. The van der Waals surface area contributed by atoms with Crippen LogP contribution in [-0.4, -0.2) is 21.7 Å². The predicted octanol–water partition coefficient (Wildman–Crippen LogP) is 3.34. The van der Waals surface area contributed by atoms with Crippen LogP contribution in [0, 0.1) is 0 Å². The summed E-state index contributed by atoms with van der Waals surface area (Å²) >= 11 is 0. The molecule has 4 aromatic rings. The summed E-state index contributed by atoms with van der Waals surface area (Å²) in [4.78, 5) is 16.4. The quantitative estimate of drug-likeness (QED) is 0.461. The zero-order valence-electron chi connectivity index (χ0n) is 13.5. The van der Waals surface area contributed by atoms with Gasteiger partial charge in [0.25, 0.3) is 5.91 Å². The number of carbonyl (C=O) groups is 1. The van der Waals surface area contributed by atoms with E-state index in [0.29, 0.717) is 0 Å². The van der Waals surface area contributed by atoms with Gasteiger partial charge in [0, 0.05) is 5.56 Å². The van der Waals surface area contributed by atoms with Crippen molar-refractivity contribution in [3.05, 3.63) is 78.6 Å². The van der Waals surface area contributed by atoms with E-state index in [1.807, 2.05) is 54.6 Å². The summed E-state index contributed by atoms with van der Waals surface area (Å²) in [6, 6.07) is 21.8. The molecule has 25 heavy (non-hydrogen) atoms. The molecule has 1 aromatic heterocycles. The molecule has 0 aliphatic rings. The molecule has 1 amide bonds. The molecule has 0 unspecified atom stereocenters. The molecule has 0 aliphatic carbocycles. The summed E-state index contributed by atoms with van der Waals surface area (Å²) < 4.78 is 1.80. The SMILES string of the molecule is O=C(Cn1cnc2ccccc21)NN=Cc1cccc2ccccc12. The van der Waals surface area contributed by atoms with Gasteiger partial charge in [-0.05, 0) is 22.9 Å². The van der Waals surface area contributed by atoms with Gasteiger partial charge in [-0.15, -0.1) is 0 Å². The Morgan fingerprint density at radius 2 is 1.84 bits per heavy atom. The highest BCUT2D eigenvalue weighted by molar-refractivity contribution is 5.99. The van der Waals surface area contributed by atoms with Crippen molar-refractivity contribution in [1.82, 2.24) is 15.0 Å². The molecule has 0 saturated heterocycles. The molecule has 0 aliphatic heterocycles. The number of nitrogens with zero attached hydrogens (tertiary/aromatic N) is 3. The number of para-hydroxylation sites is 2. The van der Waals surface area contributed by atoms with Crippen LogP contribution in [0.1, 0.15) is 5.56 Å². The van der Waals surface area contributed by atoms with Gasteiger partial charge < -0.3 is 4.57 Å². The predicted molar refractivity (Wildman–Crippen MR) is 99.4 cm³/mol. The van der Waals surface area contributed by atoms with E-state index in [-0.39, 0.29) is 12.5 Å². The van der Waals surface area contributed by atoms with E-state index in [9.17, 15) is 4.79 Å². The zero-order chi connectivity index (χ0) is 17.1. The number of rotatable bonds is 4. The molecule has 1 N–H and O–H groups in total. The Morgan fingerprint density at radius 3 is 2.80 bits per heavy atom. The minimum absolute atomic E-state index is 0.174. The van der Waals surface area contributed by atoms with Gasteiger partial charge in [0.1, 0.15) is 6.54 Å². The maximum absolute atomic E-state index is 12.1. The number of fused-ring (bicyclic) bond motifs is 2. The highest BCUT2D eigenvalue weighted by Gasteiger charge is 2.06. The van der Waals surface area contributed by atoms with Gasteiger partial charge in [-0.25, -0.2) is 10.4 Å². The average Bonchev–Trinajstić information content (AvgIpc) is 3.05. The van der Waals surface area contributed by atoms with E-state index in [0.717, 1.165) is 27.4 Å². The third-order valence-corrected chi connectivity index (χ3v) is 4.06. The summed E-state index contributed by atoms with van der Waals surface area (Å²) in [5.41, 5.74) is 5.34. The second kappa shape index (κ2) is 6.57. The second-order valence-electron chi connectivity index (χ2n) is 5.72. The fourth-order valence-corrected chi connectivity index (χ4v) is 2.86. The minimum Gasteiger partial charge on any atom is -0.321 e. The first kappa shape index (κ1) is 15.1. The minimum atomic E-state index is -0.195. The number of aromatic nitrogens is 2. The Balaban J connectivity index is 1.47.